The van der Waals surface area contributed by atoms with Crippen molar-refractivity contribution in [3.63, 3.8) is 0 Å². The molecule has 2 aromatic carbocycles. The molecule has 0 radical (unpaired) electrons. The Morgan fingerprint density at radius 3 is 2.42 bits per heavy atom. The number of pyridine rings is 1. The van der Waals surface area contributed by atoms with E-state index < -0.39 is 22.7 Å². The van der Waals surface area contributed by atoms with E-state index in [0.29, 0.717) is 17.3 Å². The predicted octanol–water partition coefficient (Wildman–Crippen LogP) is 2.07. The molecule has 0 fully saturated rings. The first-order chi connectivity index (χ1) is 15.9. The summed E-state index contributed by atoms with van der Waals surface area (Å²) in [7, 11) is 0. The molecular formula is C24H23N5O4. The molecule has 2 heterocycles. The van der Waals surface area contributed by atoms with Crippen LogP contribution in [0.25, 0.3) is 10.9 Å². The number of para-hydroxylation sites is 1. The van der Waals surface area contributed by atoms with Crippen LogP contribution in [-0.2, 0) is 6.54 Å². The summed E-state index contributed by atoms with van der Waals surface area (Å²) >= 11 is 0. The summed E-state index contributed by atoms with van der Waals surface area (Å²) in [5, 5.41) is 0.538. The van der Waals surface area contributed by atoms with Crippen molar-refractivity contribution in [3.8, 4) is 0 Å². The van der Waals surface area contributed by atoms with Crippen LogP contribution in [0.3, 0.4) is 0 Å². The largest absolute Gasteiger partial charge is 0.383 e. The Morgan fingerprint density at radius 1 is 1.00 bits per heavy atom. The van der Waals surface area contributed by atoms with Gasteiger partial charge in [-0.25, -0.2) is 4.79 Å². The van der Waals surface area contributed by atoms with Gasteiger partial charge in [0.2, 0.25) is 5.56 Å². The standard InChI is InChI=1S/C24H23N5O4/c1-2-12-28(23(32)17-13-19(30)26-18-11-7-6-10-16(17)18)20-21(25)29(24(33)27-22(20)31)14-15-8-4-3-5-9-15/h3-11,13H,2,12,14,25H2,1H3,(H,26,30)(H,27,31,33). The van der Waals surface area contributed by atoms with Gasteiger partial charge in [-0.15, -0.1) is 0 Å². The lowest BCUT2D eigenvalue weighted by atomic mass is 10.1. The summed E-state index contributed by atoms with van der Waals surface area (Å²) in [5.74, 6) is -0.676. The van der Waals surface area contributed by atoms with Crippen molar-refractivity contribution in [2.24, 2.45) is 0 Å². The molecule has 0 saturated heterocycles. The normalized spacial score (nSPS) is 10.9. The van der Waals surface area contributed by atoms with Crippen molar-refractivity contribution in [2.75, 3.05) is 17.2 Å². The number of aromatic nitrogens is 3. The van der Waals surface area contributed by atoms with Crippen molar-refractivity contribution < 1.29 is 4.79 Å². The number of hydrogen-bond donors (Lipinski definition) is 3. The average Bonchev–Trinajstić information content (AvgIpc) is 2.80. The van der Waals surface area contributed by atoms with Crippen LogP contribution in [0.4, 0.5) is 11.5 Å². The predicted molar refractivity (Wildman–Crippen MR) is 128 cm³/mol. The molecule has 0 unspecified atom stereocenters. The molecule has 0 bridgehead atoms. The van der Waals surface area contributed by atoms with E-state index in [4.69, 9.17) is 5.73 Å². The summed E-state index contributed by atoms with van der Waals surface area (Å²) in [6.07, 6.45) is 0.517. The van der Waals surface area contributed by atoms with E-state index in [1.54, 1.807) is 24.3 Å². The van der Waals surface area contributed by atoms with E-state index in [1.165, 1.54) is 15.5 Å². The molecule has 0 saturated carbocycles. The van der Waals surface area contributed by atoms with E-state index in [2.05, 4.69) is 9.97 Å². The Labute approximate surface area is 188 Å². The maximum Gasteiger partial charge on any atom is 0.330 e. The van der Waals surface area contributed by atoms with Crippen LogP contribution < -0.4 is 27.4 Å². The highest BCUT2D eigenvalue weighted by Gasteiger charge is 2.26. The van der Waals surface area contributed by atoms with Gasteiger partial charge in [-0.1, -0.05) is 55.5 Å². The first kappa shape index (κ1) is 21.8. The quantitative estimate of drug-likeness (QED) is 0.418. The van der Waals surface area contributed by atoms with E-state index in [1.807, 2.05) is 37.3 Å². The van der Waals surface area contributed by atoms with Crippen LogP contribution in [-0.4, -0.2) is 27.0 Å². The van der Waals surface area contributed by atoms with Gasteiger partial charge in [0.05, 0.1) is 12.1 Å². The number of nitrogens with two attached hydrogens (primary N) is 1. The topological polar surface area (TPSA) is 134 Å². The lowest BCUT2D eigenvalue weighted by molar-refractivity contribution is 0.0988. The lowest BCUT2D eigenvalue weighted by Gasteiger charge is -2.24. The second-order valence-electron chi connectivity index (χ2n) is 7.61. The highest BCUT2D eigenvalue weighted by atomic mass is 16.2. The Kier molecular flexibility index (Phi) is 5.95. The fourth-order valence-corrected chi connectivity index (χ4v) is 3.83. The minimum absolute atomic E-state index is 0.122. The second kappa shape index (κ2) is 8.99. The lowest BCUT2D eigenvalue weighted by Crippen LogP contribution is -2.42. The third kappa shape index (κ3) is 4.20. The molecular weight excluding hydrogens is 422 g/mol. The van der Waals surface area contributed by atoms with Gasteiger partial charge in [-0.05, 0) is 18.1 Å². The molecule has 33 heavy (non-hydrogen) atoms. The summed E-state index contributed by atoms with van der Waals surface area (Å²) in [5.41, 5.74) is 5.75. The molecule has 9 heteroatoms. The number of H-pyrrole nitrogens is 2. The third-order valence-electron chi connectivity index (χ3n) is 5.34. The SMILES string of the molecule is CCCN(C(=O)c1cc(=O)[nH]c2ccccc12)c1c(N)n(Cc2ccccc2)c(=O)[nH]c1=O. The Balaban J connectivity index is 1.88. The average molecular weight is 445 g/mol. The zero-order valence-electron chi connectivity index (χ0n) is 18.0. The smallest absolute Gasteiger partial charge is 0.330 e. The number of nitrogen functional groups attached to an aromatic ring is 1. The zero-order valence-corrected chi connectivity index (χ0v) is 18.0. The number of anilines is 2. The molecule has 4 rings (SSSR count). The number of fused-ring (bicyclic) bond motifs is 1. The molecule has 9 nitrogen and oxygen atoms in total. The molecule has 0 aliphatic carbocycles. The van der Waals surface area contributed by atoms with Crippen LogP contribution in [0.1, 0.15) is 29.3 Å². The first-order valence-electron chi connectivity index (χ1n) is 10.5. The Bertz CT molecular complexity index is 1500. The molecule has 2 aromatic heterocycles. The molecule has 0 atom stereocenters. The highest BCUT2D eigenvalue weighted by Crippen LogP contribution is 2.23. The first-order valence-corrected chi connectivity index (χ1v) is 10.5. The number of benzene rings is 2. The maximum atomic E-state index is 13.6. The van der Waals surface area contributed by atoms with E-state index >= 15 is 0 Å². The van der Waals surface area contributed by atoms with Crippen LogP contribution in [0.5, 0.6) is 0 Å². The molecule has 0 aliphatic heterocycles. The number of carbonyl (C=O) groups is 1. The summed E-state index contributed by atoms with van der Waals surface area (Å²) < 4.78 is 1.22. The van der Waals surface area contributed by atoms with Gasteiger partial charge in [-0.2, -0.15) is 0 Å². The van der Waals surface area contributed by atoms with Crippen LogP contribution in [0.2, 0.25) is 0 Å². The van der Waals surface area contributed by atoms with Crippen LogP contribution in [0, 0.1) is 0 Å². The van der Waals surface area contributed by atoms with Gasteiger partial charge < -0.3 is 15.6 Å². The fraction of sp³-hybridized carbons (Fsp3) is 0.167. The van der Waals surface area contributed by atoms with Crippen molar-refractivity contribution in [1.82, 2.24) is 14.5 Å². The third-order valence-corrected chi connectivity index (χ3v) is 5.34. The van der Waals surface area contributed by atoms with E-state index in [0.717, 1.165) is 5.56 Å². The van der Waals surface area contributed by atoms with Crippen molar-refractivity contribution in [2.45, 2.75) is 19.9 Å². The van der Waals surface area contributed by atoms with E-state index in [9.17, 15) is 19.2 Å². The molecule has 4 N–H and O–H groups in total. The number of nitrogens with one attached hydrogen (secondary N) is 2. The van der Waals surface area contributed by atoms with E-state index in [-0.39, 0.29) is 30.2 Å². The Hall–Kier alpha value is -4.40. The van der Waals surface area contributed by atoms with Crippen LogP contribution in [0.15, 0.2) is 75.0 Å². The van der Waals surface area contributed by atoms with Crippen molar-refractivity contribution in [3.05, 3.63) is 103 Å². The highest BCUT2D eigenvalue weighted by molar-refractivity contribution is 6.14. The number of amides is 1. The van der Waals surface area contributed by atoms with Gasteiger partial charge in [0, 0.05) is 23.5 Å². The Morgan fingerprint density at radius 2 is 1.70 bits per heavy atom. The number of hydrogen-bond acceptors (Lipinski definition) is 5. The van der Waals surface area contributed by atoms with Gasteiger partial charge in [0.25, 0.3) is 11.5 Å². The monoisotopic (exact) mass is 445 g/mol. The molecule has 168 valence electrons. The van der Waals surface area contributed by atoms with Crippen molar-refractivity contribution in [1.29, 1.82) is 0 Å². The fourth-order valence-electron chi connectivity index (χ4n) is 3.83. The van der Waals surface area contributed by atoms with Gasteiger partial charge in [0.1, 0.15) is 5.82 Å². The summed E-state index contributed by atoms with van der Waals surface area (Å²) in [4.78, 5) is 57.4. The number of rotatable bonds is 6. The number of aromatic amines is 2. The summed E-state index contributed by atoms with van der Waals surface area (Å²) in [6.45, 7) is 2.13. The molecule has 0 spiro atoms. The van der Waals surface area contributed by atoms with Crippen LogP contribution >= 0.6 is 0 Å². The number of carbonyl (C=O) groups excluding carboxylic acids is 1. The van der Waals surface area contributed by atoms with Gasteiger partial charge in [0.15, 0.2) is 5.69 Å². The minimum atomic E-state index is -0.766. The second-order valence-corrected chi connectivity index (χ2v) is 7.61. The molecule has 4 aromatic rings. The summed E-state index contributed by atoms with van der Waals surface area (Å²) in [6, 6.07) is 17.3. The van der Waals surface area contributed by atoms with Gasteiger partial charge in [-0.3, -0.25) is 23.9 Å². The molecule has 0 aliphatic rings. The molecule has 1 amide bonds. The number of nitrogens with zero attached hydrogens (tertiary/aromatic N) is 2. The zero-order chi connectivity index (χ0) is 23.5. The minimum Gasteiger partial charge on any atom is -0.383 e. The maximum absolute atomic E-state index is 13.6. The van der Waals surface area contributed by atoms with Gasteiger partial charge >= 0.3 is 5.69 Å². The van der Waals surface area contributed by atoms with Crippen molar-refractivity contribution >= 4 is 28.3 Å².